The van der Waals surface area contributed by atoms with Gasteiger partial charge in [-0.1, -0.05) is 0 Å². The zero-order valence-electron chi connectivity index (χ0n) is 10.3. The van der Waals surface area contributed by atoms with Gasteiger partial charge in [-0.15, -0.1) is 12.4 Å². The molecule has 100 valence electrons. The van der Waals surface area contributed by atoms with Crippen LogP contribution in [0, 0.1) is 0 Å². The molecule has 18 heavy (non-hydrogen) atoms. The molecule has 2 heterocycles. The van der Waals surface area contributed by atoms with Gasteiger partial charge in [0.2, 0.25) is 0 Å². The zero-order valence-corrected chi connectivity index (χ0v) is 11.1. The van der Waals surface area contributed by atoms with Crippen molar-refractivity contribution in [2.24, 2.45) is 0 Å². The highest BCUT2D eigenvalue weighted by Crippen LogP contribution is 2.15. The van der Waals surface area contributed by atoms with Crippen LogP contribution >= 0.6 is 12.4 Å². The normalized spacial score (nSPS) is 14.6. The van der Waals surface area contributed by atoms with E-state index >= 15 is 0 Å². The molecule has 0 atom stereocenters. The molecule has 1 aliphatic heterocycles. The van der Waals surface area contributed by atoms with E-state index in [2.05, 4.69) is 25.8 Å². The van der Waals surface area contributed by atoms with Crippen LogP contribution in [0.1, 0.15) is 0 Å². The van der Waals surface area contributed by atoms with Crippen LogP contribution in [0.5, 0.6) is 0 Å². The number of hydrogen-bond donors (Lipinski definition) is 3. The van der Waals surface area contributed by atoms with Gasteiger partial charge in [-0.2, -0.15) is 0 Å². The second kappa shape index (κ2) is 7.03. The van der Waals surface area contributed by atoms with Gasteiger partial charge in [0.15, 0.2) is 0 Å². The number of rotatable bonds is 2. The van der Waals surface area contributed by atoms with Gasteiger partial charge < -0.3 is 15.5 Å². The highest BCUT2D eigenvalue weighted by molar-refractivity contribution is 5.88. The maximum absolute atomic E-state index is 11.1. The second-order valence-electron chi connectivity index (χ2n) is 3.84. The van der Waals surface area contributed by atoms with E-state index < -0.39 is 0 Å². The van der Waals surface area contributed by atoms with Gasteiger partial charge in [-0.3, -0.25) is 5.32 Å². The predicted molar refractivity (Wildman–Crippen MR) is 74.6 cm³/mol. The number of aromatic nitrogens is 1. The first-order valence-electron chi connectivity index (χ1n) is 5.70. The Balaban J connectivity index is 0.00000162. The molecule has 1 fully saturated rings. The Morgan fingerprint density at radius 3 is 2.67 bits per heavy atom. The molecule has 2 rings (SSSR count). The summed E-state index contributed by atoms with van der Waals surface area (Å²) in [5, 5.41) is 8.41. The average molecular weight is 272 g/mol. The van der Waals surface area contributed by atoms with Crippen molar-refractivity contribution in [3.63, 3.8) is 0 Å². The van der Waals surface area contributed by atoms with E-state index in [4.69, 9.17) is 0 Å². The van der Waals surface area contributed by atoms with E-state index in [1.165, 1.54) is 0 Å². The summed E-state index contributed by atoms with van der Waals surface area (Å²) < 4.78 is 0. The molecule has 6 nitrogen and oxygen atoms in total. The van der Waals surface area contributed by atoms with E-state index in [0.29, 0.717) is 5.82 Å². The summed E-state index contributed by atoms with van der Waals surface area (Å²) >= 11 is 0. The molecule has 7 heteroatoms. The summed E-state index contributed by atoms with van der Waals surface area (Å²) in [5.41, 5.74) is 1.09. The van der Waals surface area contributed by atoms with Gasteiger partial charge in [-0.25, -0.2) is 9.78 Å². The third-order valence-corrected chi connectivity index (χ3v) is 2.70. The molecular formula is C11H18ClN5O. The van der Waals surface area contributed by atoms with Crippen LogP contribution in [0.25, 0.3) is 0 Å². The van der Waals surface area contributed by atoms with Gasteiger partial charge in [0.1, 0.15) is 5.82 Å². The highest BCUT2D eigenvalue weighted by atomic mass is 35.5. The summed E-state index contributed by atoms with van der Waals surface area (Å²) in [5.74, 6) is 0.559. The third kappa shape index (κ3) is 3.75. The first-order chi connectivity index (χ1) is 8.29. The van der Waals surface area contributed by atoms with Crippen LogP contribution < -0.4 is 20.9 Å². The van der Waals surface area contributed by atoms with Crippen molar-refractivity contribution in [2.45, 2.75) is 0 Å². The molecule has 0 bridgehead atoms. The monoisotopic (exact) mass is 271 g/mol. The molecule has 1 aliphatic rings. The maximum atomic E-state index is 11.1. The first-order valence-corrected chi connectivity index (χ1v) is 5.70. The number of pyridine rings is 1. The molecule has 0 aliphatic carbocycles. The van der Waals surface area contributed by atoms with Crippen LogP contribution in [-0.2, 0) is 0 Å². The fourth-order valence-electron chi connectivity index (χ4n) is 1.75. The zero-order chi connectivity index (χ0) is 12.1. The van der Waals surface area contributed by atoms with E-state index in [1.807, 2.05) is 12.1 Å². The van der Waals surface area contributed by atoms with E-state index in [1.54, 1.807) is 13.2 Å². The van der Waals surface area contributed by atoms with Crippen LogP contribution in [0.3, 0.4) is 0 Å². The van der Waals surface area contributed by atoms with Crippen molar-refractivity contribution >= 4 is 29.9 Å². The van der Waals surface area contributed by atoms with Crippen LogP contribution in [-0.4, -0.2) is 44.2 Å². The minimum Gasteiger partial charge on any atom is -0.368 e. The lowest BCUT2D eigenvalue weighted by atomic mass is 10.3. The second-order valence-corrected chi connectivity index (χ2v) is 3.84. The topological polar surface area (TPSA) is 69.3 Å². The minimum absolute atomic E-state index is 0. The van der Waals surface area contributed by atoms with Gasteiger partial charge in [0, 0.05) is 33.2 Å². The molecule has 1 aromatic rings. The molecule has 0 saturated carbocycles. The van der Waals surface area contributed by atoms with Crippen LogP contribution in [0.2, 0.25) is 0 Å². The summed E-state index contributed by atoms with van der Waals surface area (Å²) in [6.45, 7) is 3.98. The van der Waals surface area contributed by atoms with E-state index in [-0.39, 0.29) is 18.4 Å². The Morgan fingerprint density at radius 1 is 1.39 bits per heavy atom. The van der Waals surface area contributed by atoms with Crippen molar-refractivity contribution in [2.75, 3.05) is 43.4 Å². The lowest BCUT2D eigenvalue weighted by molar-refractivity contribution is 0.254. The van der Waals surface area contributed by atoms with Gasteiger partial charge in [0.05, 0.1) is 11.9 Å². The molecule has 1 saturated heterocycles. The Morgan fingerprint density at radius 2 is 2.11 bits per heavy atom. The first kappa shape index (κ1) is 14.5. The fourth-order valence-corrected chi connectivity index (χ4v) is 1.75. The Labute approximate surface area is 113 Å². The number of halogens is 1. The van der Waals surface area contributed by atoms with Crippen LogP contribution in [0.4, 0.5) is 16.3 Å². The van der Waals surface area contributed by atoms with Crippen LogP contribution in [0.15, 0.2) is 18.3 Å². The van der Waals surface area contributed by atoms with E-state index in [9.17, 15) is 4.79 Å². The number of carbonyl (C=O) groups excluding carboxylic acids is 1. The van der Waals surface area contributed by atoms with Crippen molar-refractivity contribution in [1.29, 1.82) is 0 Å². The average Bonchev–Trinajstić information content (AvgIpc) is 2.40. The molecule has 0 spiro atoms. The number of anilines is 2. The molecule has 3 N–H and O–H groups in total. The smallest absolute Gasteiger partial charge is 0.320 e. The highest BCUT2D eigenvalue weighted by Gasteiger charge is 2.10. The van der Waals surface area contributed by atoms with Crippen molar-refractivity contribution in [1.82, 2.24) is 15.6 Å². The largest absolute Gasteiger partial charge is 0.368 e. The number of nitrogens with one attached hydrogen (secondary N) is 3. The number of piperazine rings is 1. The minimum atomic E-state index is -0.257. The molecule has 0 radical (unpaired) electrons. The maximum Gasteiger partial charge on any atom is 0.320 e. The van der Waals surface area contributed by atoms with Gasteiger partial charge >= 0.3 is 6.03 Å². The Bertz CT molecular complexity index is 378. The molecule has 0 unspecified atom stereocenters. The SMILES string of the molecule is CNC(=O)Nc1ccc(N2CCNCC2)cn1.Cl. The fraction of sp³-hybridized carbons (Fsp3) is 0.455. The summed E-state index contributed by atoms with van der Waals surface area (Å²) in [6.07, 6.45) is 1.79. The van der Waals surface area contributed by atoms with Crippen molar-refractivity contribution in [3.05, 3.63) is 18.3 Å². The lowest BCUT2D eigenvalue weighted by Gasteiger charge is -2.29. The van der Waals surface area contributed by atoms with Crippen molar-refractivity contribution < 1.29 is 4.79 Å². The standard InChI is InChI=1S/C11H17N5O.ClH/c1-12-11(17)15-10-3-2-9(8-14-10)16-6-4-13-5-7-16;/h2-3,8,13H,4-7H2,1H3,(H2,12,14,15,17);1H. The van der Waals surface area contributed by atoms with Crippen molar-refractivity contribution in [3.8, 4) is 0 Å². The van der Waals surface area contributed by atoms with E-state index in [0.717, 1.165) is 31.9 Å². The summed E-state index contributed by atoms with van der Waals surface area (Å²) in [6, 6.07) is 3.53. The predicted octanol–water partition coefficient (Wildman–Crippen LogP) is 0.664. The number of carbonyl (C=O) groups is 1. The summed E-state index contributed by atoms with van der Waals surface area (Å²) in [4.78, 5) is 17.6. The number of nitrogens with zero attached hydrogens (tertiary/aromatic N) is 2. The molecule has 0 aromatic carbocycles. The quantitative estimate of drug-likeness (QED) is 0.739. The summed E-state index contributed by atoms with van der Waals surface area (Å²) in [7, 11) is 1.57. The number of amides is 2. The number of hydrogen-bond acceptors (Lipinski definition) is 4. The lowest BCUT2D eigenvalue weighted by Crippen LogP contribution is -2.43. The molecular weight excluding hydrogens is 254 g/mol. The molecule has 1 aromatic heterocycles. The van der Waals surface area contributed by atoms with Gasteiger partial charge in [-0.05, 0) is 12.1 Å². The Hall–Kier alpha value is -1.53. The third-order valence-electron chi connectivity index (χ3n) is 2.70. The number of urea groups is 1. The molecule has 2 amide bonds. The van der Waals surface area contributed by atoms with Gasteiger partial charge in [0.25, 0.3) is 0 Å². The Kier molecular flexibility index (Phi) is 5.67.